The average molecular weight is 274 g/mol. The standard InChI is InChI=1S/C13H18N6O/c1-18-9-11(16-17-18)10-20-13-6-12(7-15-8-13)19-4-2-14-3-5-19/h6-9,14H,2-5,10H2,1H3. The van der Waals surface area contributed by atoms with Crippen LogP contribution in [0.2, 0.25) is 0 Å². The third-order valence-electron chi connectivity index (χ3n) is 3.22. The zero-order chi connectivity index (χ0) is 13.8. The van der Waals surface area contributed by atoms with E-state index in [0.29, 0.717) is 6.61 Å². The molecule has 2 aromatic rings. The average Bonchev–Trinajstić information content (AvgIpc) is 2.92. The van der Waals surface area contributed by atoms with Crippen molar-refractivity contribution in [2.75, 3.05) is 31.1 Å². The van der Waals surface area contributed by atoms with E-state index in [0.717, 1.165) is 43.3 Å². The summed E-state index contributed by atoms with van der Waals surface area (Å²) in [5, 5.41) is 11.2. The van der Waals surface area contributed by atoms with Gasteiger partial charge in [0.15, 0.2) is 0 Å². The third-order valence-corrected chi connectivity index (χ3v) is 3.22. The minimum Gasteiger partial charge on any atom is -0.485 e. The van der Waals surface area contributed by atoms with E-state index in [1.54, 1.807) is 10.9 Å². The molecule has 1 saturated heterocycles. The van der Waals surface area contributed by atoms with Crippen LogP contribution in [0.15, 0.2) is 24.7 Å². The summed E-state index contributed by atoms with van der Waals surface area (Å²) in [5.74, 6) is 0.756. The molecule has 20 heavy (non-hydrogen) atoms. The van der Waals surface area contributed by atoms with Crippen LogP contribution in [-0.2, 0) is 13.7 Å². The van der Waals surface area contributed by atoms with Crippen molar-refractivity contribution in [3.05, 3.63) is 30.4 Å². The summed E-state index contributed by atoms with van der Waals surface area (Å²) >= 11 is 0. The van der Waals surface area contributed by atoms with Crippen LogP contribution in [0.25, 0.3) is 0 Å². The molecule has 0 radical (unpaired) electrons. The van der Waals surface area contributed by atoms with Gasteiger partial charge >= 0.3 is 0 Å². The molecule has 1 aliphatic heterocycles. The van der Waals surface area contributed by atoms with Crippen molar-refractivity contribution in [2.24, 2.45) is 7.05 Å². The van der Waals surface area contributed by atoms with E-state index in [4.69, 9.17) is 4.74 Å². The van der Waals surface area contributed by atoms with E-state index in [9.17, 15) is 0 Å². The second kappa shape index (κ2) is 5.87. The first kappa shape index (κ1) is 12.9. The number of pyridine rings is 1. The molecule has 0 bridgehead atoms. The number of hydrogen-bond acceptors (Lipinski definition) is 6. The molecule has 7 heteroatoms. The first-order valence-corrected chi connectivity index (χ1v) is 6.70. The Morgan fingerprint density at radius 2 is 2.15 bits per heavy atom. The summed E-state index contributed by atoms with van der Waals surface area (Å²) in [6, 6.07) is 2.02. The van der Waals surface area contributed by atoms with E-state index in [-0.39, 0.29) is 0 Å². The van der Waals surface area contributed by atoms with Gasteiger partial charge in [-0.3, -0.25) is 9.67 Å². The molecule has 106 valence electrons. The molecular formula is C13H18N6O. The SMILES string of the molecule is Cn1cc(COc2cncc(N3CCNCC3)c2)nn1. The van der Waals surface area contributed by atoms with E-state index in [1.807, 2.05) is 25.5 Å². The van der Waals surface area contributed by atoms with Gasteiger partial charge in [0.1, 0.15) is 18.1 Å². The molecule has 0 spiro atoms. The van der Waals surface area contributed by atoms with Gasteiger partial charge in [-0.2, -0.15) is 0 Å². The maximum absolute atomic E-state index is 5.72. The van der Waals surface area contributed by atoms with Gasteiger partial charge in [0.2, 0.25) is 0 Å². The smallest absolute Gasteiger partial charge is 0.140 e. The van der Waals surface area contributed by atoms with E-state index < -0.39 is 0 Å². The van der Waals surface area contributed by atoms with Crippen LogP contribution in [0, 0.1) is 0 Å². The Morgan fingerprint density at radius 1 is 1.30 bits per heavy atom. The molecule has 3 rings (SSSR count). The summed E-state index contributed by atoms with van der Waals surface area (Å²) in [6.45, 7) is 4.40. The fraction of sp³-hybridized carbons (Fsp3) is 0.462. The van der Waals surface area contributed by atoms with Crippen LogP contribution in [-0.4, -0.2) is 46.2 Å². The molecule has 2 aromatic heterocycles. The predicted octanol–water partition coefficient (Wildman–Crippen LogP) is 0.199. The van der Waals surface area contributed by atoms with Crippen molar-refractivity contribution in [3.8, 4) is 5.75 Å². The highest BCUT2D eigenvalue weighted by Gasteiger charge is 2.11. The quantitative estimate of drug-likeness (QED) is 0.859. The Kier molecular flexibility index (Phi) is 3.78. The van der Waals surface area contributed by atoms with Crippen molar-refractivity contribution >= 4 is 5.69 Å². The van der Waals surface area contributed by atoms with Gasteiger partial charge in [-0.1, -0.05) is 5.21 Å². The second-order valence-corrected chi connectivity index (χ2v) is 4.79. The van der Waals surface area contributed by atoms with Crippen LogP contribution < -0.4 is 15.0 Å². The van der Waals surface area contributed by atoms with E-state index in [2.05, 4.69) is 25.5 Å². The highest BCUT2D eigenvalue weighted by atomic mass is 16.5. The van der Waals surface area contributed by atoms with Crippen LogP contribution in [0.5, 0.6) is 5.75 Å². The van der Waals surface area contributed by atoms with Crippen molar-refractivity contribution in [3.63, 3.8) is 0 Å². The van der Waals surface area contributed by atoms with Crippen LogP contribution in [0.3, 0.4) is 0 Å². The first-order chi connectivity index (χ1) is 9.81. The number of ether oxygens (including phenoxy) is 1. The zero-order valence-electron chi connectivity index (χ0n) is 11.5. The number of rotatable bonds is 4. The number of nitrogens with zero attached hydrogens (tertiary/aromatic N) is 5. The van der Waals surface area contributed by atoms with Crippen LogP contribution >= 0.6 is 0 Å². The minimum atomic E-state index is 0.403. The lowest BCUT2D eigenvalue weighted by molar-refractivity contribution is 0.300. The zero-order valence-corrected chi connectivity index (χ0v) is 11.5. The number of aryl methyl sites for hydroxylation is 1. The fourth-order valence-corrected chi connectivity index (χ4v) is 2.20. The monoisotopic (exact) mass is 274 g/mol. The van der Waals surface area contributed by atoms with Gasteiger partial charge in [0.05, 0.1) is 24.3 Å². The maximum atomic E-state index is 5.72. The van der Waals surface area contributed by atoms with Crippen molar-refractivity contribution in [1.29, 1.82) is 0 Å². The third kappa shape index (κ3) is 3.05. The lowest BCUT2D eigenvalue weighted by atomic mass is 10.3. The molecule has 1 fully saturated rings. The first-order valence-electron chi connectivity index (χ1n) is 6.70. The molecule has 1 N–H and O–H groups in total. The number of piperazine rings is 1. The summed E-state index contributed by atoms with van der Waals surface area (Å²) in [6.07, 6.45) is 5.44. The number of nitrogens with one attached hydrogen (secondary N) is 1. The lowest BCUT2D eigenvalue weighted by Crippen LogP contribution is -2.43. The largest absolute Gasteiger partial charge is 0.485 e. The number of hydrogen-bond donors (Lipinski definition) is 1. The van der Waals surface area contributed by atoms with Crippen LogP contribution in [0.1, 0.15) is 5.69 Å². The Labute approximate surface area is 117 Å². The van der Waals surface area contributed by atoms with E-state index >= 15 is 0 Å². The van der Waals surface area contributed by atoms with Gasteiger partial charge in [0.25, 0.3) is 0 Å². The molecule has 1 aliphatic rings. The Bertz CT molecular complexity index is 563. The molecule has 0 saturated carbocycles. The molecule has 0 aromatic carbocycles. The van der Waals surface area contributed by atoms with Gasteiger partial charge in [-0.15, -0.1) is 5.10 Å². The van der Waals surface area contributed by atoms with Gasteiger partial charge < -0.3 is 15.0 Å². The van der Waals surface area contributed by atoms with Gasteiger partial charge in [-0.25, -0.2) is 0 Å². The Balaban J connectivity index is 1.64. The molecule has 0 unspecified atom stereocenters. The second-order valence-electron chi connectivity index (χ2n) is 4.79. The highest BCUT2D eigenvalue weighted by molar-refractivity contribution is 5.48. The van der Waals surface area contributed by atoms with Crippen molar-refractivity contribution in [2.45, 2.75) is 6.61 Å². The summed E-state index contributed by atoms with van der Waals surface area (Å²) in [7, 11) is 1.84. The lowest BCUT2D eigenvalue weighted by Gasteiger charge is -2.29. The highest BCUT2D eigenvalue weighted by Crippen LogP contribution is 2.20. The maximum Gasteiger partial charge on any atom is 0.140 e. The van der Waals surface area contributed by atoms with Crippen LogP contribution in [0.4, 0.5) is 5.69 Å². The number of anilines is 1. The molecule has 0 atom stereocenters. The molecule has 0 amide bonds. The molecule has 3 heterocycles. The molecular weight excluding hydrogens is 256 g/mol. The summed E-state index contributed by atoms with van der Waals surface area (Å²) in [4.78, 5) is 6.55. The normalized spacial score (nSPS) is 15.3. The van der Waals surface area contributed by atoms with Crippen molar-refractivity contribution in [1.82, 2.24) is 25.3 Å². The Morgan fingerprint density at radius 3 is 2.90 bits per heavy atom. The Hall–Kier alpha value is -2.15. The van der Waals surface area contributed by atoms with Gasteiger partial charge in [-0.05, 0) is 0 Å². The van der Waals surface area contributed by atoms with Crippen molar-refractivity contribution < 1.29 is 4.74 Å². The van der Waals surface area contributed by atoms with E-state index in [1.165, 1.54) is 0 Å². The van der Waals surface area contributed by atoms with Gasteiger partial charge in [0, 0.05) is 39.3 Å². The summed E-state index contributed by atoms with van der Waals surface area (Å²) in [5.41, 5.74) is 1.91. The molecule has 0 aliphatic carbocycles. The minimum absolute atomic E-state index is 0.403. The topological polar surface area (TPSA) is 68.1 Å². The number of aromatic nitrogens is 4. The molecule has 7 nitrogen and oxygen atoms in total. The summed E-state index contributed by atoms with van der Waals surface area (Å²) < 4.78 is 7.38. The fourth-order valence-electron chi connectivity index (χ4n) is 2.20. The predicted molar refractivity (Wildman–Crippen MR) is 74.7 cm³/mol.